The van der Waals surface area contributed by atoms with Crippen LogP contribution >= 0.6 is 11.8 Å². The predicted molar refractivity (Wildman–Crippen MR) is 105 cm³/mol. The largest absolute Gasteiger partial charge is 0.372 e. The van der Waals surface area contributed by atoms with Gasteiger partial charge in [-0.2, -0.15) is 5.26 Å². The molecule has 0 bridgehead atoms. The van der Waals surface area contributed by atoms with Crippen LogP contribution in [0.3, 0.4) is 0 Å². The minimum absolute atomic E-state index is 0.244. The lowest BCUT2D eigenvalue weighted by Gasteiger charge is -2.23. The van der Waals surface area contributed by atoms with Crippen LogP contribution in [0.5, 0.6) is 0 Å². The fourth-order valence-corrected chi connectivity index (χ4v) is 3.95. The van der Waals surface area contributed by atoms with Crippen molar-refractivity contribution < 1.29 is 4.79 Å². The van der Waals surface area contributed by atoms with E-state index in [1.807, 2.05) is 28.8 Å². The lowest BCUT2D eigenvalue weighted by atomic mass is 10.1. The fourth-order valence-electron chi connectivity index (χ4n) is 3.00. The highest BCUT2D eigenvalue weighted by Crippen LogP contribution is 2.30. The number of imidazole rings is 1. The third-order valence-corrected chi connectivity index (χ3v) is 5.43. The zero-order valence-electron chi connectivity index (χ0n) is 15.2. The first-order chi connectivity index (χ1) is 12.7. The van der Waals surface area contributed by atoms with Gasteiger partial charge in [-0.05, 0) is 37.6 Å². The third kappa shape index (κ3) is 3.70. The van der Waals surface area contributed by atoms with Crippen molar-refractivity contribution >= 4 is 29.2 Å². The average Bonchev–Trinajstić information content (AvgIpc) is 3.23. The number of unbranched alkanes of at least 4 members (excludes halogenated alkanes) is 1. The molecule has 2 heterocycles. The molecule has 1 N–H and O–H groups in total. The number of thioether (sulfide) groups is 1. The summed E-state index contributed by atoms with van der Waals surface area (Å²) in [6.07, 6.45) is 2.31. The number of hydrogen-bond donors (Lipinski definition) is 1. The molecule has 7 heteroatoms. The van der Waals surface area contributed by atoms with Gasteiger partial charge in [0.1, 0.15) is 6.07 Å². The summed E-state index contributed by atoms with van der Waals surface area (Å²) in [5.74, 6) is 1.02. The summed E-state index contributed by atoms with van der Waals surface area (Å²) in [6, 6.07) is 9.75. The molecule has 1 amide bonds. The van der Waals surface area contributed by atoms with Crippen LogP contribution in [0.2, 0.25) is 0 Å². The first kappa shape index (κ1) is 18.3. The Morgan fingerprint density at radius 1 is 1.38 bits per heavy atom. The molecular weight excluding hydrogens is 346 g/mol. The lowest BCUT2D eigenvalue weighted by Crippen LogP contribution is -2.23. The summed E-state index contributed by atoms with van der Waals surface area (Å²) in [5.41, 5.74) is 2.10. The van der Waals surface area contributed by atoms with Crippen LogP contribution in [-0.4, -0.2) is 34.3 Å². The highest BCUT2D eigenvalue weighted by atomic mass is 32.2. The number of rotatable bonds is 7. The van der Waals surface area contributed by atoms with E-state index >= 15 is 0 Å². The SMILES string of the molecule is CCCCN(CC)c1ccc(C(=O)Nc2nc3n(c2C#N)CCS3)cc1. The lowest BCUT2D eigenvalue weighted by molar-refractivity contribution is 0.102. The summed E-state index contributed by atoms with van der Waals surface area (Å²) in [6.45, 7) is 7.03. The Morgan fingerprint density at radius 2 is 2.15 bits per heavy atom. The van der Waals surface area contributed by atoms with Crippen LogP contribution < -0.4 is 10.2 Å². The van der Waals surface area contributed by atoms with E-state index < -0.39 is 0 Å². The molecule has 0 saturated heterocycles. The Labute approximate surface area is 158 Å². The van der Waals surface area contributed by atoms with Gasteiger partial charge in [0, 0.05) is 36.6 Å². The van der Waals surface area contributed by atoms with Crippen LogP contribution in [-0.2, 0) is 6.54 Å². The number of hydrogen-bond acceptors (Lipinski definition) is 5. The minimum atomic E-state index is -0.244. The van der Waals surface area contributed by atoms with Crippen molar-refractivity contribution in [1.29, 1.82) is 5.26 Å². The Balaban J connectivity index is 1.72. The maximum absolute atomic E-state index is 12.5. The summed E-state index contributed by atoms with van der Waals surface area (Å²) >= 11 is 1.60. The summed E-state index contributed by atoms with van der Waals surface area (Å²) in [7, 11) is 0. The first-order valence-electron chi connectivity index (χ1n) is 8.97. The third-order valence-electron chi connectivity index (χ3n) is 4.47. The number of nitrogens with zero attached hydrogens (tertiary/aromatic N) is 4. The molecule has 0 fully saturated rings. The fraction of sp³-hybridized carbons (Fsp3) is 0.421. The normalized spacial score (nSPS) is 12.5. The number of aromatic nitrogens is 2. The highest BCUT2D eigenvalue weighted by molar-refractivity contribution is 7.99. The smallest absolute Gasteiger partial charge is 0.256 e. The molecule has 1 aliphatic rings. The second-order valence-electron chi connectivity index (χ2n) is 6.14. The van der Waals surface area contributed by atoms with Gasteiger partial charge in [-0.1, -0.05) is 25.1 Å². The van der Waals surface area contributed by atoms with Gasteiger partial charge in [0.2, 0.25) is 0 Å². The van der Waals surface area contributed by atoms with Gasteiger partial charge in [0.15, 0.2) is 16.7 Å². The zero-order valence-corrected chi connectivity index (χ0v) is 16.0. The van der Waals surface area contributed by atoms with Gasteiger partial charge < -0.3 is 14.8 Å². The highest BCUT2D eigenvalue weighted by Gasteiger charge is 2.23. The van der Waals surface area contributed by atoms with E-state index in [0.717, 1.165) is 49.1 Å². The Morgan fingerprint density at radius 3 is 2.81 bits per heavy atom. The summed E-state index contributed by atoms with van der Waals surface area (Å²) in [5, 5.41) is 13.0. The molecule has 1 aromatic carbocycles. The molecule has 0 spiro atoms. The zero-order chi connectivity index (χ0) is 18.5. The molecule has 26 heavy (non-hydrogen) atoms. The van der Waals surface area contributed by atoms with E-state index in [4.69, 9.17) is 0 Å². The number of carbonyl (C=O) groups excluding carboxylic acids is 1. The molecule has 0 unspecified atom stereocenters. The average molecular weight is 369 g/mol. The van der Waals surface area contributed by atoms with Gasteiger partial charge in [-0.3, -0.25) is 4.79 Å². The van der Waals surface area contributed by atoms with Crippen LogP contribution in [0.4, 0.5) is 11.5 Å². The topological polar surface area (TPSA) is 74.0 Å². The van der Waals surface area contributed by atoms with E-state index in [9.17, 15) is 10.1 Å². The molecule has 1 aliphatic heterocycles. The van der Waals surface area contributed by atoms with Crippen LogP contribution in [0.1, 0.15) is 42.7 Å². The maximum atomic E-state index is 12.5. The number of carbonyl (C=O) groups is 1. The van der Waals surface area contributed by atoms with Gasteiger partial charge in [0.25, 0.3) is 5.91 Å². The number of nitriles is 1. The Kier molecular flexibility index (Phi) is 5.84. The van der Waals surface area contributed by atoms with Crippen molar-refractivity contribution in [1.82, 2.24) is 9.55 Å². The molecule has 0 saturated carbocycles. The predicted octanol–water partition coefficient (Wildman–Crippen LogP) is 3.74. The van der Waals surface area contributed by atoms with E-state index in [2.05, 4.69) is 35.1 Å². The molecule has 136 valence electrons. The van der Waals surface area contributed by atoms with E-state index in [-0.39, 0.29) is 5.91 Å². The van der Waals surface area contributed by atoms with Crippen LogP contribution in [0, 0.1) is 11.3 Å². The number of amides is 1. The van der Waals surface area contributed by atoms with E-state index in [1.54, 1.807) is 11.8 Å². The second-order valence-corrected chi connectivity index (χ2v) is 7.20. The van der Waals surface area contributed by atoms with Gasteiger partial charge in [0.05, 0.1) is 0 Å². The monoisotopic (exact) mass is 369 g/mol. The van der Waals surface area contributed by atoms with E-state index in [1.165, 1.54) is 0 Å². The van der Waals surface area contributed by atoms with Crippen molar-refractivity contribution in [2.24, 2.45) is 0 Å². The Bertz CT molecular complexity index is 822. The first-order valence-corrected chi connectivity index (χ1v) is 9.96. The van der Waals surface area contributed by atoms with Gasteiger partial charge >= 0.3 is 0 Å². The molecule has 2 aromatic rings. The molecule has 0 radical (unpaired) electrons. The van der Waals surface area contributed by atoms with Crippen molar-refractivity contribution in [3.8, 4) is 6.07 Å². The van der Waals surface area contributed by atoms with Crippen molar-refractivity contribution in [2.75, 3.05) is 29.1 Å². The molecule has 0 aliphatic carbocycles. The molecular formula is C19H23N5OS. The van der Waals surface area contributed by atoms with Crippen molar-refractivity contribution in [3.63, 3.8) is 0 Å². The quantitative estimate of drug-likeness (QED) is 0.805. The second kappa shape index (κ2) is 8.28. The van der Waals surface area contributed by atoms with Gasteiger partial charge in [-0.25, -0.2) is 4.98 Å². The van der Waals surface area contributed by atoms with Crippen LogP contribution in [0.15, 0.2) is 29.4 Å². The number of nitrogens with one attached hydrogen (secondary N) is 1. The molecule has 3 rings (SSSR count). The molecule has 0 atom stereocenters. The maximum Gasteiger partial charge on any atom is 0.256 e. The minimum Gasteiger partial charge on any atom is -0.372 e. The number of anilines is 2. The Hall–Kier alpha value is -2.46. The standard InChI is InChI=1S/C19H23N5OS/c1-3-5-10-23(4-2)15-8-6-14(7-9-15)18(25)21-17-16(13-20)24-11-12-26-19(24)22-17/h6-9H,3-5,10-12H2,1-2H3,(H,21,25). The summed E-state index contributed by atoms with van der Waals surface area (Å²) in [4.78, 5) is 19.2. The number of fused-ring (bicyclic) bond motifs is 1. The number of benzene rings is 1. The van der Waals surface area contributed by atoms with Crippen molar-refractivity contribution in [2.45, 2.75) is 38.4 Å². The molecule has 6 nitrogen and oxygen atoms in total. The van der Waals surface area contributed by atoms with Gasteiger partial charge in [-0.15, -0.1) is 0 Å². The summed E-state index contributed by atoms with van der Waals surface area (Å²) < 4.78 is 1.86. The molecule has 1 aromatic heterocycles. The van der Waals surface area contributed by atoms with Crippen molar-refractivity contribution in [3.05, 3.63) is 35.5 Å². The van der Waals surface area contributed by atoms with E-state index in [0.29, 0.717) is 17.1 Å². The van der Waals surface area contributed by atoms with Crippen LogP contribution in [0.25, 0.3) is 0 Å².